The molecule has 1 aromatic carbocycles. The number of piperidine rings is 1. The molecule has 2 heterocycles. The van der Waals surface area contributed by atoms with Crippen molar-refractivity contribution in [1.82, 2.24) is 0 Å². The largest absolute Gasteiger partial charge is 0.454 e. The van der Waals surface area contributed by atoms with Crippen molar-refractivity contribution in [3.05, 3.63) is 23.8 Å². The zero-order valence-corrected chi connectivity index (χ0v) is 16.1. The Kier molecular flexibility index (Phi) is 6.35. The normalized spacial score (nSPS) is 20.8. The standard InChI is InChI=1S/C21H32N2O2/c1-16(2)4-5-17(8-11-22-19-9-12-23(3)13-10-19)18-6-7-20-21(14-18)25-15-24-20/h6-7,14,16-17H,4-5,8-13,15H2,1-3H3/p+2/t17-/m0/s1. The van der Waals surface area contributed by atoms with E-state index in [0.29, 0.717) is 12.7 Å². The molecule has 138 valence electrons. The summed E-state index contributed by atoms with van der Waals surface area (Å²) in [4.78, 5) is 5.38. The number of fused-ring (bicyclic) bond motifs is 1. The topological polar surface area (TPSA) is 36.9 Å². The quantitative estimate of drug-likeness (QED) is 0.777. The fourth-order valence-electron chi connectivity index (χ4n) is 3.76. The average molecular weight is 347 g/mol. The second-order valence-corrected chi connectivity index (χ2v) is 8.06. The van der Waals surface area contributed by atoms with E-state index in [9.17, 15) is 0 Å². The van der Waals surface area contributed by atoms with Gasteiger partial charge in [0.15, 0.2) is 17.2 Å². The number of likely N-dealkylation sites (tertiary alicyclic amines) is 1. The van der Waals surface area contributed by atoms with Crippen LogP contribution in [0.4, 0.5) is 0 Å². The Labute approximate surface area is 152 Å². The van der Waals surface area contributed by atoms with Gasteiger partial charge in [-0.25, -0.2) is 4.99 Å². The van der Waals surface area contributed by atoms with Crippen LogP contribution in [0.1, 0.15) is 57.4 Å². The van der Waals surface area contributed by atoms with Gasteiger partial charge in [0, 0.05) is 6.42 Å². The Morgan fingerprint density at radius 3 is 2.56 bits per heavy atom. The van der Waals surface area contributed by atoms with Crippen molar-refractivity contribution in [2.24, 2.45) is 5.92 Å². The maximum absolute atomic E-state index is 5.58. The average Bonchev–Trinajstić information content (AvgIpc) is 3.07. The summed E-state index contributed by atoms with van der Waals surface area (Å²) in [5.74, 6) is 3.12. The minimum Gasteiger partial charge on any atom is -0.454 e. The van der Waals surface area contributed by atoms with Crippen molar-refractivity contribution in [3.8, 4) is 11.5 Å². The Bertz CT molecular complexity index is 588. The molecule has 1 saturated heterocycles. The minimum atomic E-state index is 0.353. The van der Waals surface area contributed by atoms with Crippen LogP contribution >= 0.6 is 0 Å². The van der Waals surface area contributed by atoms with Crippen LogP contribution in [0.15, 0.2) is 18.2 Å². The van der Waals surface area contributed by atoms with Crippen molar-refractivity contribution < 1.29 is 19.4 Å². The fraction of sp³-hybridized carbons (Fsp3) is 0.667. The Balaban J connectivity index is 1.62. The van der Waals surface area contributed by atoms with E-state index in [4.69, 9.17) is 9.47 Å². The highest BCUT2D eigenvalue weighted by Crippen LogP contribution is 2.36. The maximum atomic E-state index is 5.58. The van der Waals surface area contributed by atoms with Crippen LogP contribution in [0.2, 0.25) is 0 Å². The molecule has 0 radical (unpaired) electrons. The monoisotopic (exact) mass is 346 g/mol. The number of nitrogens with one attached hydrogen (secondary N) is 2. The van der Waals surface area contributed by atoms with Gasteiger partial charge in [-0.05, 0) is 36.0 Å². The summed E-state index contributed by atoms with van der Waals surface area (Å²) >= 11 is 0. The highest BCUT2D eigenvalue weighted by Gasteiger charge is 2.21. The molecule has 0 bridgehead atoms. The Morgan fingerprint density at radius 1 is 1.04 bits per heavy atom. The van der Waals surface area contributed by atoms with Gasteiger partial charge in [0.1, 0.15) is 6.54 Å². The number of quaternary nitrogens is 1. The molecule has 0 saturated carbocycles. The second-order valence-electron chi connectivity index (χ2n) is 8.06. The predicted molar refractivity (Wildman–Crippen MR) is 101 cm³/mol. The van der Waals surface area contributed by atoms with E-state index in [1.807, 2.05) is 0 Å². The zero-order chi connectivity index (χ0) is 17.6. The van der Waals surface area contributed by atoms with E-state index in [1.165, 1.54) is 50.8 Å². The van der Waals surface area contributed by atoms with E-state index >= 15 is 0 Å². The SMILES string of the molecule is CC(C)CC[C@@H](CC[NH+]=C1CC[NH+](C)CC1)c1ccc2c(c1)OCO2. The lowest BCUT2D eigenvalue weighted by Crippen LogP contribution is -3.10. The van der Waals surface area contributed by atoms with Gasteiger partial charge in [0.05, 0.1) is 33.0 Å². The first-order valence-corrected chi connectivity index (χ1v) is 9.91. The van der Waals surface area contributed by atoms with Crippen molar-refractivity contribution >= 4 is 5.71 Å². The molecule has 1 fully saturated rings. The first-order chi connectivity index (χ1) is 12.1. The van der Waals surface area contributed by atoms with Crippen LogP contribution < -0.4 is 19.4 Å². The predicted octanol–water partition coefficient (Wildman–Crippen LogP) is 1.16. The maximum Gasteiger partial charge on any atom is 0.231 e. The molecule has 4 nitrogen and oxygen atoms in total. The molecule has 1 aromatic rings. The molecule has 0 aromatic heterocycles. The molecular weight excluding hydrogens is 312 g/mol. The molecule has 4 heteroatoms. The number of benzene rings is 1. The smallest absolute Gasteiger partial charge is 0.231 e. The van der Waals surface area contributed by atoms with E-state index in [-0.39, 0.29) is 0 Å². The van der Waals surface area contributed by atoms with Crippen molar-refractivity contribution in [2.45, 2.75) is 51.9 Å². The van der Waals surface area contributed by atoms with Gasteiger partial charge >= 0.3 is 0 Å². The van der Waals surface area contributed by atoms with Gasteiger partial charge in [0.25, 0.3) is 0 Å². The van der Waals surface area contributed by atoms with E-state index < -0.39 is 0 Å². The van der Waals surface area contributed by atoms with E-state index in [2.05, 4.69) is 44.1 Å². The number of rotatable bonds is 7. The Hall–Kier alpha value is -1.55. The Morgan fingerprint density at radius 2 is 1.80 bits per heavy atom. The van der Waals surface area contributed by atoms with E-state index in [0.717, 1.165) is 24.0 Å². The van der Waals surface area contributed by atoms with Crippen molar-refractivity contribution in [1.29, 1.82) is 0 Å². The summed E-state index contributed by atoms with van der Waals surface area (Å²) < 4.78 is 11.0. The molecule has 25 heavy (non-hydrogen) atoms. The molecule has 2 aliphatic heterocycles. The summed E-state index contributed by atoms with van der Waals surface area (Å²) in [5.41, 5.74) is 2.95. The van der Waals surface area contributed by atoms with Gasteiger partial charge in [-0.2, -0.15) is 0 Å². The minimum absolute atomic E-state index is 0.353. The third-order valence-electron chi connectivity index (χ3n) is 5.54. The van der Waals surface area contributed by atoms with Crippen LogP contribution in [0, 0.1) is 5.92 Å². The highest BCUT2D eigenvalue weighted by molar-refractivity contribution is 5.79. The van der Waals surface area contributed by atoms with Crippen LogP contribution in [-0.4, -0.2) is 39.2 Å². The summed E-state index contributed by atoms with van der Waals surface area (Å²) in [6, 6.07) is 6.49. The molecule has 3 rings (SSSR count). The van der Waals surface area contributed by atoms with Gasteiger partial charge in [-0.3, -0.25) is 0 Å². The lowest BCUT2D eigenvalue weighted by molar-refractivity contribution is -0.881. The van der Waals surface area contributed by atoms with Crippen LogP contribution in [0.25, 0.3) is 0 Å². The third kappa shape index (κ3) is 5.21. The third-order valence-corrected chi connectivity index (χ3v) is 5.54. The fourth-order valence-corrected chi connectivity index (χ4v) is 3.76. The lowest BCUT2D eigenvalue weighted by Gasteiger charge is -2.19. The van der Waals surface area contributed by atoms with Crippen molar-refractivity contribution in [2.75, 3.05) is 33.5 Å². The molecule has 0 spiro atoms. The second kappa shape index (κ2) is 8.70. The van der Waals surface area contributed by atoms with Crippen LogP contribution in [0.5, 0.6) is 11.5 Å². The van der Waals surface area contributed by atoms with Gasteiger partial charge < -0.3 is 14.4 Å². The summed E-state index contributed by atoms with van der Waals surface area (Å²) in [6.07, 6.45) is 6.14. The van der Waals surface area contributed by atoms with Gasteiger partial charge in [-0.15, -0.1) is 0 Å². The summed E-state index contributed by atoms with van der Waals surface area (Å²) in [6.45, 7) is 8.58. The van der Waals surface area contributed by atoms with E-state index in [1.54, 1.807) is 10.6 Å². The van der Waals surface area contributed by atoms with Crippen LogP contribution in [0.3, 0.4) is 0 Å². The summed E-state index contributed by atoms with van der Waals surface area (Å²) in [7, 11) is 2.29. The molecule has 0 unspecified atom stereocenters. The molecule has 2 aliphatic rings. The van der Waals surface area contributed by atoms with Gasteiger partial charge in [0.2, 0.25) is 6.79 Å². The first-order valence-electron chi connectivity index (χ1n) is 9.91. The zero-order valence-electron chi connectivity index (χ0n) is 16.1. The molecule has 0 aliphatic carbocycles. The summed E-state index contributed by atoms with van der Waals surface area (Å²) in [5, 5.41) is 0. The van der Waals surface area contributed by atoms with Crippen LogP contribution in [-0.2, 0) is 0 Å². The first kappa shape index (κ1) is 18.2. The molecule has 0 amide bonds. The number of hydrogen-bond donors (Lipinski definition) is 2. The molecule has 1 atom stereocenters. The molecular formula is C21H34N2O2+2. The number of hydrogen-bond acceptors (Lipinski definition) is 2. The molecule has 2 N–H and O–H groups in total. The number of ether oxygens (including phenoxy) is 2. The lowest BCUT2D eigenvalue weighted by atomic mass is 9.88. The van der Waals surface area contributed by atoms with Gasteiger partial charge in [-0.1, -0.05) is 26.3 Å². The highest BCUT2D eigenvalue weighted by atomic mass is 16.7. The van der Waals surface area contributed by atoms with Crippen molar-refractivity contribution in [3.63, 3.8) is 0 Å².